The number of hydrogen-bond acceptors (Lipinski definition) is 8. The van der Waals surface area contributed by atoms with Crippen molar-refractivity contribution in [3.05, 3.63) is 64.6 Å². The topological polar surface area (TPSA) is 138 Å². The molecule has 1 aromatic heterocycles. The molecule has 1 fully saturated rings. The molecule has 2 atom stereocenters. The lowest BCUT2D eigenvalue weighted by Gasteiger charge is -2.22. The van der Waals surface area contributed by atoms with Crippen LogP contribution >= 0.6 is 0 Å². The van der Waals surface area contributed by atoms with Gasteiger partial charge in [0.05, 0.1) is 25.3 Å². The Kier molecular flexibility index (Phi) is 6.35. The second kappa shape index (κ2) is 9.65. The fourth-order valence-electron chi connectivity index (χ4n) is 4.33. The number of benzene rings is 2. The van der Waals surface area contributed by atoms with Gasteiger partial charge in [-0.1, -0.05) is 12.1 Å². The van der Waals surface area contributed by atoms with Crippen molar-refractivity contribution in [2.45, 2.75) is 32.1 Å². The van der Waals surface area contributed by atoms with Gasteiger partial charge in [-0.2, -0.15) is 0 Å². The number of fused-ring (bicyclic) bond motifs is 1. The first-order chi connectivity index (χ1) is 18.1. The van der Waals surface area contributed by atoms with Crippen LogP contribution in [0.25, 0.3) is 11.1 Å². The molecule has 1 saturated heterocycles. The predicted molar refractivity (Wildman–Crippen MR) is 132 cm³/mol. The van der Waals surface area contributed by atoms with Gasteiger partial charge in [0.2, 0.25) is 5.91 Å². The number of anilines is 1. The van der Waals surface area contributed by atoms with E-state index in [-0.39, 0.29) is 37.4 Å². The number of rotatable bonds is 8. The van der Waals surface area contributed by atoms with Crippen molar-refractivity contribution in [2.75, 3.05) is 24.6 Å². The number of nitrogens with one attached hydrogen (secondary N) is 1. The van der Waals surface area contributed by atoms with Gasteiger partial charge in [-0.05, 0) is 47.7 Å². The van der Waals surface area contributed by atoms with Crippen LogP contribution in [0.4, 0.5) is 20.7 Å². The van der Waals surface area contributed by atoms with Crippen molar-refractivity contribution in [3.8, 4) is 22.9 Å². The summed E-state index contributed by atoms with van der Waals surface area (Å²) in [5.41, 5.74) is 0.567. The largest absolute Gasteiger partial charge is 0.489 e. The highest BCUT2D eigenvalue weighted by Crippen LogP contribution is 2.33. The van der Waals surface area contributed by atoms with Crippen molar-refractivity contribution >= 4 is 23.5 Å². The molecule has 2 amide bonds. The third-order valence-electron chi connectivity index (χ3n) is 6.18. The second-order valence-electron chi connectivity index (χ2n) is 9.35. The van der Waals surface area contributed by atoms with Crippen molar-refractivity contribution in [2.24, 2.45) is 0 Å². The molecule has 13 heteroatoms. The molecule has 0 bridgehead atoms. The number of aromatic nitrogens is 2. The summed E-state index contributed by atoms with van der Waals surface area (Å²) in [5.74, 6) is -0.473. The van der Waals surface area contributed by atoms with Gasteiger partial charge in [0.25, 0.3) is 0 Å². The van der Waals surface area contributed by atoms with E-state index in [0.29, 0.717) is 29.1 Å². The number of cyclic esters (lactones) is 1. The Morgan fingerprint density at radius 1 is 1.32 bits per heavy atom. The van der Waals surface area contributed by atoms with Gasteiger partial charge >= 0.3 is 17.9 Å². The number of halogens is 1. The molecular weight excluding hydrogens is 501 g/mol. The van der Waals surface area contributed by atoms with Gasteiger partial charge in [0.1, 0.15) is 30.5 Å². The number of carbonyl (C=O) groups is 2. The maximum Gasteiger partial charge on any atom is 0.415 e. The average molecular weight is 525 g/mol. The van der Waals surface area contributed by atoms with E-state index in [1.807, 2.05) is 6.92 Å². The molecule has 5 rings (SSSR count). The van der Waals surface area contributed by atoms with Crippen molar-refractivity contribution < 1.29 is 33.1 Å². The highest BCUT2D eigenvalue weighted by atomic mass is 19.1. The van der Waals surface area contributed by atoms with Crippen LogP contribution < -0.4 is 19.7 Å². The molecule has 2 aromatic carbocycles. The normalized spacial score (nSPS) is 20.0. The van der Waals surface area contributed by atoms with Gasteiger partial charge in [-0.15, -0.1) is 0 Å². The number of imidazole rings is 1. The molecular formula is C25H24FN5O7. The molecule has 12 nitrogen and oxygen atoms in total. The minimum atomic E-state index is -0.754. The molecule has 0 spiro atoms. The third kappa shape index (κ3) is 5.08. The maximum atomic E-state index is 15.0. The maximum absolute atomic E-state index is 15.0. The minimum absolute atomic E-state index is 0.168. The van der Waals surface area contributed by atoms with E-state index in [0.717, 1.165) is 0 Å². The molecule has 1 unspecified atom stereocenters. The number of amides is 2. The van der Waals surface area contributed by atoms with Crippen LogP contribution in [0.2, 0.25) is 0 Å². The van der Waals surface area contributed by atoms with Crippen molar-refractivity contribution in [1.82, 2.24) is 14.9 Å². The summed E-state index contributed by atoms with van der Waals surface area (Å²) in [7, 11) is 0. The fraction of sp³-hybridized carbons (Fsp3) is 0.320. The zero-order chi connectivity index (χ0) is 27.0. The monoisotopic (exact) mass is 525 g/mol. The highest BCUT2D eigenvalue weighted by molar-refractivity contribution is 5.90. The van der Waals surface area contributed by atoms with Crippen LogP contribution in [0.15, 0.2) is 48.7 Å². The quantitative estimate of drug-likeness (QED) is 0.349. The Hall–Kier alpha value is -4.68. The van der Waals surface area contributed by atoms with Gasteiger partial charge in [-0.3, -0.25) is 14.3 Å². The van der Waals surface area contributed by atoms with Gasteiger partial charge < -0.3 is 29.6 Å². The Labute approximate surface area is 216 Å². The lowest BCUT2D eigenvalue weighted by atomic mass is 10.0. The average Bonchev–Trinajstić information content (AvgIpc) is 3.53. The number of nitro groups is 1. The lowest BCUT2D eigenvalue weighted by molar-refractivity contribution is -0.389. The summed E-state index contributed by atoms with van der Waals surface area (Å²) in [5, 5.41) is 13.5. The van der Waals surface area contributed by atoms with Crippen LogP contribution in [0.3, 0.4) is 0 Å². The molecule has 0 saturated carbocycles. The van der Waals surface area contributed by atoms with Gasteiger partial charge in [0, 0.05) is 17.5 Å². The second-order valence-corrected chi connectivity index (χ2v) is 9.35. The first-order valence-corrected chi connectivity index (χ1v) is 11.8. The molecule has 3 aromatic rings. The summed E-state index contributed by atoms with van der Waals surface area (Å²) in [6.45, 7) is 4.09. The first-order valence-electron chi connectivity index (χ1n) is 11.8. The van der Waals surface area contributed by atoms with E-state index in [2.05, 4.69) is 10.3 Å². The van der Waals surface area contributed by atoms with Gasteiger partial charge in [-0.25, -0.2) is 9.18 Å². The zero-order valence-electron chi connectivity index (χ0n) is 20.5. The Morgan fingerprint density at radius 3 is 2.74 bits per heavy atom. The van der Waals surface area contributed by atoms with E-state index in [9.17, 15) is 19.7 Å². The van der Waals surface area contributed by atoms with E-state index >= 15 is 4.39 Å². The number of ether oxygens (including phenoxy) is 3. The molecule has 38 heavy (non-hydrogen) atoms. The standard InChI is InChI=1S/C25H24FN5O7/c1-15(32)27-10-19-11-30(24(33)37-19)17-5-8-20(21(26)9-17)16-3-6-18(7-4-16)36-14-25(2)13-29-12-22(31(34)35)28-23(29)38-25/h3-9,12,19H,10-11,13-14H2,1-2H3,(H,27,32)/t19-,25?/m0/s1. The minimum Gasteiger partial charge on any atom is -0.489 e. The summed E-state index contributed by atoms with van der Waals surface area (Å²) >= 11 is 0. The van der Waals surface area contributed by atoms with E-state index in [1.54, 1.807) is 41.0 Å². The van der Waals surface area contributed by atoms with Crippen LogP contribution in [0.1, 0.15) is 13.8 Å². The Bertz CT molecular complexity index is 1380. The molecule has 2 aliphatic rings. The fourth-order valence-corrected chi connectivity index (χ4v) is 4.33. The van der Waals surface area contributed by atoms with E-state index in [1.165, 1.54) is 24.1 Å². The number of nitrogens with zero attached hydrogens (tertiary/aromatic N) is 4. The summed E-state index contributed by atoms with van der Waals surface area (Å²) in [6, 6.07) is 11.5. The number of carbonyl (C=O) groups excluding carboxylic acids is 2. The van der Waals surface area contributed by atoms with E-state index < -0.39 is 28.5 Å². The van der Waals surface area contributed by atoms with Crippen LogP contribution in [0, 0.1) is 15.9 Å². The Morgan fingerprint density at radius 2 is 2.08 bits per heavy atom. The third-order valence-corrected chi connectivity index (χ3v) is 6.18. The summed E-state index contributed by atoms with van der Waals surface area (Å²) < 4.78 is 33.4. The zero-order valence-corrected chi connectivity index (χ0v) is 20.5. The van der Waals surface area contributed by atoms with Crippen molar-refractivity contribution in [3.63, 3.8) is 0 Å². The predicted octanol–water partition coefficient (Wildman–Crippen LogP) is 3.29. The SMILES string of the molecule is CC(=O)NC[C@H]1CN(c2ccc(-c3ccc(OCC4(C)Cn5cc([N+](=O)[O-])nc5O4)cc3)c(F)c2)C(=O)O1. The molecule has 1 N–H and O–H groups in total. The molecule has 0 radical (unpaired) electrons. The molecule has 198 valence electrons. The van der Waals surface area contributed by atoms with Crippen LogP contribution in [-0.4, -0.2) is 57.9 Å². The molecule has 3 heterocycles. The number of hydrogen-bond donors (Lipinski definition) is 1. The van der Waals surface area contributed by atoms with Gasteiger partial charge in [0.15, 0.2) is 5.60 Å². The van der Waals surface area contributed by atoms with Crippen molar-refractivity contribution in [1.29, 1.82) is 0 Å². The van der Waals surface area contributed by atoms with Crippen LogP contribution in [-0.2, 0) is 16.1 Å². The lowest BCUT2D eigenvalue weighted by Crippen LogP contribution is -2.38. The van der Waals surface area contributed by atoms with E-state index in [4.69, 9.17) is 14.2 Å². The summed E-state index contributed by atoms with van der Waals surface area (Å²) in [4.78, 5) is 38.8. The highest BCUT2D eigenvalue weighted by Gasteiger charge is 2.41. The summed E-state index contributed by atoms with van der Waals surface area (Å²) in [6.07, 6.45) is 0.209. The molecule has 0 aliphatic carbocycles. The molecule has 2 aliphatic heterocycles. The Balaban J connectivity index is 1.20. The smallest absolute Gasteiger partial charge is 0.415 e. The first kappa shape index (κ1) is 25.0. The van der Waals surface area contributed by atoms with Crippen LogP contribution in [0.5, 0.6) is 11.8 Å².